The lowest BCUT2D eigenvalue weighted by Crippen LogP contribution is -2.25. The van der Waals surface area contributed by atoms with E-state index in [1.54, 1.807) is 41.0 Å². The molecular formula is C29H27ClN2O4. The molecule has 6 nitrogen and oxygen atoms in total. The minimum atomic E-state index is -0.955. The average molecular weight is 503 g/mol. The van der Waals surface area contributed by atoms with Crippen LogP contribution in [0.2, 0.25) is 5.02 Å². The van der Waals surface area contributed by atoms with Crippen molar-refractivity contribution in [1.29, 1.82) is 0 Å². The van der Waals surface area contributed by atoms with Gasteiger partial charge in [0.05, 0.1) is 17.8 Å². The third kappa shape index (κ3) is 6.20. The number of hydrogen-bond donors (Lipinski definition) is 1. The summed E-state index contributed by atoms with van der Waals surface area (Å²) < 4.78 is 7.55. The number of carboxylic acid groups (broad SMARTS) is 1. The molecule has 1 aromatic heterocycles. The molecule has 0 saturated heterocycles. The quantitative estimate of drug-likeness (QED) is 0.278. The number of unbranched alkanes of at least 4 members (excludes halogenated alkanes) is 1. The Morgan fingerprint density at radius 3 is 2.36 bits per heavy atom. The molecule has 0 aliphatic carbocycles. The van der Waals surface area contributed by atoms with Crippen molar-refractivity contribution in [3.05, 3.63) is 117 Å². The second-order valence-corrected chi connectivity index (χ2v) is 8.91. The summed E-state index contributed by atoms with van der Waals surface area (Å²) in [5.41, 5.74) is 3.30. The van der Waals surface area contributed by atoms with Gasteiger partial charge < -0.3 is 9.84 Å². The molecular weight excluding hydrogens is 476 g/mol. The summed E-state index contributed by atoms with van der Waals surface area (Å²) in [6, 6.07) is 23.1. The first kappa shape index (κ1) is 25.2. The van der Waals surface area contributed by atoms with Gasteiger partial charge in [-0.05, 0) is 47.9 Å². The molecule has 1 N–H and O–H groups in total. The van der Waals surface area contributed by atoms with Crippen LogP contribution in [0.3, 0.4) is 0 Å². The van der Waals surface area contributed by atoms with Gasteiger partial charge in [-0.25, -0.2) is 9.78 Å². The number of nitrogens with zero attached hydrogens (tertiary/aromatic N) is 2. The summed E-state index contributed by atoms with van der Waals surface area (Å²) in [4.78, 5) is 28.9. The number of aryl methyl sites for hydroxylation is 1. The summed E-state index contributed by atoms with van der Waals surface area (Å²) in [5, 5.41) is 9.57. The van der Waals surface area contributed by atoms with Crippen molar-refractivity contribution in [2.24, 2.45) is 0 Å². The highest BCUT2D eigenvalue weighted by molar-refractivity contribution is 6.33. The Labute approximate surface area is 214 Å². The molecule has 0 saturated carbocycles. The van der Waals surface area contributed by atoms with Crippen LogP contribution in [0, 0.1) is 0 Å². The molecule has 1 heterocycles. The molecule has 0 radical (unpaired) electrons. The summed E-state index contributed by atoms with van der Waals surface area (Å²) in [6.07, 6.45) is 2.63. The highest BCUT2D eigenvalue weighted by atomic mass is 35.5. The van der Waals surface area contributed by atoms with Crippen LogP contribution >= 0.6 is 11.6 Å². The summed E-state index contributed by atoms with van der Waals surface area (Å²) in [6.45, 7) is 2.84. The van der Waals surface area contributed by atoms with Crippen LogP contribution in [0.5, 0.6) is 5.75 Å². The molecule has 7 heteroatoms. The van der Waals surface area contributed by atoms with E-state index in [1.807, 2.05) is 42.5 Å². The lowest BCUT2D eigenvalue weighted by molar-refractivity contribution is 0.0697. The van der Waals surface area contributed by atoms with Crippen molar-refractivity contribution in [3.8, 4) is 17.0 Å². The van der Waals surface area contributed by atoms with Gasteiger partial charge in [0.25, 0.3) is 5.56 Å². The maximum absolute atomic E-state index is 13.1. The molecule has 0 aliphatic rings. The Morgan fingerprint density at radius 2 is 1.69 bits per heavy atom. The third-order valence-electron chi connectivity index (χ3n) is 5.86. The number of halogens is 1. The van der Waals surface area contributed by atoms with Crippen LogP contribution < -0.4 is 10.3 Å². The normalized spacial score (nSPS) is 10.8. The number of rotatable bonds is 10. The molecule has 4 aromatic rings. The van der Waals surface area contributed by atoms with Crippen molar-refractivity contribution in [1.82, 2.24) is 9.55 Å². The van der Waals surface area contributed by atoms with Crippen LogP contribution in [-0.2, 0) is 19.6 Å². The van der Waals surface area contributed by atoms with Gasteiger partial charge in [-0.15, -0.1) is 0 Å². The van der Waals surface area contributed by atoms with E-state index in [4.69, 9.17) is 26.4 Å². The van der Waals surface area contributed by atoms with Crippen LogP contribution in [0.1, 0.15) is 47.1 Å². The first-order valence-corrected chi connectivity index (χ1v) is 12.2. The topological polar surface area (TPSA) is 81.4 Å². The average Bonchev–Trinajstić information content (AvgIpc) is 2.89. The van der Waals surface area contributed by atoms with Gasteiger partial charge >= 0.3 is 5.97 Å². The lowest BCUT2D eigenvalue weighted by atomic mass is 10.1. The van der Waals surface area contributed by atoms with Gasteiger partial charge in [-0.1, -0.05) is 67.4 Å². The van der Waals surface area contributed by atoms with E-state index < -0.39 is 5.97 Å². The maximum atomic E-state index is 13.1. The van der Waals surface area contributed by atoms with Crippen LogP contribution in [0.4, 0.5) is 0 Å². The van der Waals surface area contributed by atoms with Crippen molar-refractivity contribution in [2.75, 3.05) is 0 Å². The van der Waals surface area contributed by atoms with Gasteiger partial charge in [-0.2, -0.15) is 0 Å². The number of carboxylic acids is 1. The largest absolute Gasteiger partial charge is 0.489 e. The Kier molecular flexibility index (Phi) is 8.18. The zero-order chi connectivity index (χ0) is 25.5. The van der Waals surface area contributed by atoms with E-state index in [2.05, 4.69) is 6.92 Å². The summed E-state index contributed by atoms with van der Waals surface area (Å²) >= 11 is 6.35. The second-order valence-electron chi connectivity index (χ2n) is 8.50. The smallest absolute Gasteiger partial charge is 0.335 e. The third-order valence-corrected chi connectivity index (χ3v) is 6.19. The molecule has 0 bridgehead atoms. The predicted molar refractivity (Wildman–Crippen MR) is 141 cm³/mol. The number of carbonyl (C=O) groups is 1. The number of aromatic carboxylic acids is 1. The van der Waals surface area contributed by atoms with Crippen molar-refractivity contribution in [2.45, 2.75) is 39.3 Å². The van der Waals surface area contributed by atoms with Gasteiger partial charge in [-0.3, -0.25) is 9.36 Å². The van der Waals surface area contributed by atoms with Crippen LogP contribution in [0.25, 0.3) is 11.3 Å². The van der Waals surface area contributed by atoms with Gasteiger partial charge in [0.1, 0.15) is 18.2 Å². The number of benzene rings is 3. The van der Waals surface area contributed by atoms with E-state index in [0.717, 1.165) is 35.4 Å². The Hall–Kier alpha value is -3.90. The highest BCUT2D eigenvalue weighted by Crippen LogP contribution is 2.25. The van der Waals surface area contributed by atoms with E-state index in [0.29, 0.717) is 36.0 Å². The standard InChI is InChI=1S/C29H27ClN2O4/c1-2-3-8-27-31-26(24-6-4-5-7-25(24)30)17-28(33)32(27)18-20-11-15-23(16-12-20)36-19-21-9-13-22(14-10-21)29(34)35/h4-7,9-17H,2-3,8,18-19H2,1H3,(H,34,35). The molecule has 0 unspecified atom stereocenters. The molecule has 0 spiro atoms. The fourth-order valence-electron chi connectivity index (χ4n) is 3.84. The first-order valence-electron chi connectivity index (χ1n) is 11.8. The van der Waals surface area contributed by atoms with Gasteiger partial charge in [0, 0.05) is 23.1 Å². The van der Waals surface area contributed by atoms with Crippen molar-refractivity contribution < 1.29 is 14.6 Å². The molecule has 0 atom stereocenters. The number of aromatic nitrogens is 2. The fraction of sp³-hybridized carbons (Fsp3) is 0.207. The monoisotopic (exact) mass is 502 g/mol. The molecule has 3 aromatic carbocycles. The summed E-state index contributed by atoms with van der Waals surface area (Å²) in [7, 11) is 0. The number of hydrogen-bond acceptors (Lipinski definition) is 4. The second kappa shape index (κ2) is 11.7. The van der Waals surface area contributed by atoms with Gasteiger partial charge in [0.15, 0.2) is 0 Å². The zero-order valence-electron chi connectivity index (χ0n) is 20.0. The Balaban J connectivity index is 1.50. The van der Waals surface area contributed by atoms with Crippen LogP contribution in [-0.4, -0.2) is 20.6 Å². The number of ether oxygens (including phenoxy) is 1. The molecule has 0 aliphatic heterocycles. The molecule has 4 rings (SSSR count). The summed E-state index contributed by atoms with van der Waals surface area (Å²) in [5.74, 6) is 0.472. The molecule has 36 heavy (non-hydrogen) atoms. The lowest BCUT2D eigenvalue weighted by Gasteiger charge is -2.15. The molecule has 0 amide bonds. The van der Waals surface area contributed by atoms with E-state index in [1.165, 1.54) is 0 Å². The van der Waals surface area contributed by atoms with E-state index >= 15 is 0 Å². The Bertz CT molecular complexity index is 1400. The Morgan fingerprint density at radius 1 is 1.00 bits per heavy atom. The zero-order valence-corrected chi connectivity index (χ0v) is 20.7. The molecule has 0 fully saturated rings. The van der Waals surface area contributed by atoms with Crippen LogP contribution in [0.15, 0.2) is 83.7 Å². The van der Waals surface area contributed by atoms with E-state index in [9.17, 15) is 9.59 Å². The fourth-order valence-corrected chi connectivity index (χ4v) is 4.07. The van der Waals surface area contributed by atoms with Gasteiger partial charge in [0.2, 0.25) is 0 Å². The minimum absolute atomic E-state index is 0.115. The van der Waals surface area contributed by atoms with Crippen molar-refractivity contribution in [3.63, 3.8) is 0 Å². The SMILES string of the molecule is CCCCc1nc(-c2ccccc2Cl)cc(=O)n1Cc1ccc(OCc2ccc(C(=O)O)cc2)cc1. The molecule has 184 valence electrons. The minimum Gasteiger partial charge on any atom is -0.489 e. The van der Waals surface area contributed by atoms with Crippen molar-refractivity contribution >= 4 is 17.6 Å². The predicted octanol–water partition coefficient (Wildman–Crippen LogP) is 6.23. The van der Waals surface area contributed by atoms with E-state index in [-0.39, 0.29) is 11.1 Å². The highest BCUT2D eigenvalue weighted by Gasteiger charge is 2.13. The first-order chi connectivity index (χ1) is 17.4. The maximum Gasteiger partial charge on any atom is 0.335 e.